The van der Waals surface area contributed by atoms with Crippen LogP contribution >= 0.6 is 0 Å². The van der Waals surface area contributed by atoms with Crippen molar-refractivity contribution in [2.45, 2.75) is 44.7 Å². The Morgan fingerprint density at radius 1 is 1.44 bits per heavy atom. The quantitative estimate of drug-likeness (QED) is 0.857. The predicted molar refractivity (Wildman–Crippen MR) is 72.9 cm³/mol. The molecule has 1 aromatic carbocycles. The summed E-state index contributed by atoms with van der Waals surface area (Å²) < 4.78 is 0. The summed E-state index contributed by atoms with van der Waals surface area (Å²) in [4.78, 5) is 11.9. The molecule has 3 atom stereocenters. The molecule has 2 rings (SSSR count). The van der Waals surface area contributed by atoms with Crippen LogP contribution in [0.5, 0.6) is 0 Å². The minimum absolute atomic E-state index is 0.138. The maximum absolute atomic E-state index is 11.9. The average Bonchev–Trinajstić information content (AvgIpc) is 2.73. The van der Waals surface area contributed by atoms with E-state index in [-0.39, 0.29) is 11.9 Å². The van der Waals surface area contributed by atoms with Gasteiger partial charge in [-0.15, -0.1) is 0 Å². The van der Waals surface area contributed by atoms with E-state index in [9.17, 15) is 4.79 Å². The van der Waals surface area contributed by atoms with Crippen LogP contribution in [0.4, 0.5) is 0 Å². The Balaban J connectivity index is 2.18. The zero-order valence-corrected chi connectivity index (χ0v) is 11.1. The average molecular weight is 246 g/mol. The van der Waals surface area contributed by atoms with Crippen LogP contribution in [0.2, 0.25) is 0 Å². The molecule has 1 aromatic rings. The van der Waals surface area contributed by atoms with E-state index in [0.717, 1.165) is 19.3 Å². The summed E-state index contributed by atoms with van der Waals surface area (Å²) in [6.07, 6.45) is 2.98. The van der Waals surface area contributed by atoms with E-state index in [0.29, 0.717) is 5.92 Å². The van der Waals surface area contributed by atoms with Gasteiger partial charge in [-0.2, -0.15) is 0 Å². The SMILES string of the molecule is C[C@@H]1CCC[C@@]1(N[C@H](C)c1ccccc1)C(N)=O. The second-order valence-electron chi connectivity index (χ2n) is 5.41. The first-order chi connectivity index (χ1) is 8.56. The zero-order chi connectivity index (χ0) is 13.2. The lowest BCUT2D eigenvalue weighted by molar-refractivity contribution is -0.126. The predicted octanol–water partition coefficient (Wildman–Crippen LogP) is 2.38. The van der Waals surface area contributed by atoms with Gasteiger partial charge in [0.15, 0.2) is 0 Å². The molecular weight excluding hydrogens is 224 g/mol. The van der Waals surface area contributed by atoms with E-state index in [4.69, 9.17) is 5.73 Å². The summed E-state index contributed by atoms with van der Waals surface area (Å²) in [7, 11) is 0. The van der Waals surface area contributed by atoms with Crippen LogP contribution in [0.3, 0.4) is 0 Å². The Morgan fingerprint density at radius 2 is 2.11 bits per heavy atom. The molecule has 3 N–H and O–H groups in total. The van der Waals surface area contributed by atoms with Crippen molar-refractivity contribution >= 4 is 5.91 Å². The van der Waals surface area contributed by atoms with E-state index >= 15 is 0 Å². The molecule has 1 aliphatic carbocycles. The van der Waals surface area contributed by atoms with E-state index in [1.807, 2.05) is 18.2 Å². The van der Waals surface area contributed by atoms with Crippen LogP contribution in [-0.2, 0) is 4.79 Å². The smallest absolute Gasteiger partial charge is 0.238 e. The van der Waals surface area contributed by atoms with Crippen LogP contribution in [-0.4, -0.2) is 11.4 Å². The molecule has 0 aromatic heterocycles. The molecule has 0 spiro atoms. The Bertz CT molecular complexity index is 418. The van der Waals surface area contributed by atoms with Crippen LogP contribution in [0.15, 0.2) is 30.3 Å². The lowest BCUT2D eigenvalue weighted by atomic mass is 9.86. The number of hydrogen-bond donors (Lipinski definition) is 2. The summed E-state index contributed by atoms with van der Waals surface area (Å²) in [5.41, 5.74) is 6.31. The first kappa shape index (κ1) is 13.1. The number of hydrogen-bond acceptors (Lipinski definition) is 2. The van der Waals surface area contributed by atoms with Gasteiger partial charge in [-0.1, -0.05) is 43.7 Å². The molecule has 0 aliphatic heterocycles. The molecule has 0 bridgehead atoms. The van der Waals surface area contributed by atoms with Gasteiger partial charge in [-0.05, 0) is 31.2 Å². The van der Waals surface area contributed by atoms with Crippen LogP contribution in [0.25, 0.3) is 0 Å². The maximum Gasteiger partial charge on any atom is 0.238 e. The van der Waals surface area contributed by atoms with Crippen molar-refractivity contribution in [2.24, 2.45) is 11.7 Å². The number of carbonyl (C=O) groups is 1. The van der Waals surface area contributed by atoms with Crippen LogP contribution < -0.4 is 11.1 Å². The second kappa shape index (κ2) is 5.11. The molecule has 0 radical (unpaired) electrons. The molecule has 18 heavy (non-hydrogen) atoms. The van der Waals surface area contributed by atoms with Crippen LogP contribution in [0.1, 0.15) is 44.7 Å². The van der Waals surface area contributed by atoms with E-state index < -0.39 is 5.54 Å². The second-order valence-corrected chi connectivity index (χ2v) is 5.41. The fourth-order valence-corrected chi connectivity index (χ4v) is 3.04. The molecule has 98 valence electrons. The third-order valence-corrected chi connectivity index (χ3v) is 4.26. The highest BCUT2D eigenvalue weighted by molar-refractivity contribution is 5.85. The first-order valence-corrected chi connectivity index (χ1v) is 6.69. The van der Waals surface area contributed by atoms with Crippen molar-refractivity contribution in [1.29, 1.82) is 0 Å². The van der Waals surface area contributed by atoms with Gasteiger partial charge < -0.3 is 5.73 Å². The summed E-state index contributed by atoms with van der Waals surface area (Å²) in [5, 5.41) is 3.48. The van der Waals surface area contributed by atoms with Crippen molar-refractivity contribution in [1.82, 2.24) is 5.32 Å². The number of carbonyl (C=O) groups excluding carboxylic acids is 1. The van der Waals surface area contributed by atoms with E-state index in [1.165, 1.54) is 5.56 Å². The molecule has 0 saturated heterocycles. The molecule has 1 saturated carbocycles. The van der Waals surface area contributed by atoms with Crippen molar-refractivity contribution < 1.29 is 4.79 Å². The van der Waals surface area contributed by atoms with Crippen LogP contribution in [0, 0.1) is 5.92 Å². The van der Waals surface area contributed by atoms with Gasteiger partial charge in [-0.3, -0.25) is 10.1 Å². The molecule has 3 nitrogen and oxygen atoms in total. The Kier molecular flexibility index (Phi) is 3.71. The summed E-state index contributed by atoms with van der Waals surface area (Å²) >= 11 is 0. The highest BCUT2D eigenvalue weighted by atomic mass is 16.1. The standard InChI is InChI=1S/C15H22N2O/c1-11-7-6-10-15(11,14(16)18)17-12(2)13-8-4-3-5-9-13/h3-5,8-9,11-12,17H,6-7,10H2,1-2H3,(H2,16,18)/t11-,12-,15+/m1/s1. The summed E-state index contributed by atoms with van der Waals surface area (Å²) in [6.45, 7) is 4.20. The van der Waals surface area contributed by atoms with Crippen molar-refractivity contribution in [3.63, 3.8) is 0 Å². The third kappa shape index (κ3) is 2.27. The number of benzene rings is 1. The number of amides is 1. The van der Waals surface area contributed by atoms with Crippen molar-refractivity contribution in [3.8, 4) is 0 Å². The minimum atomic E-state index is -0.532. The van der Waals surface area contributed by atoms with E-state index in [2.05, 4.69) is 31.3 Å². The largest absolute Gasteiger partial charge is 0.368 e. The van der Waals surface area contributed by atoms with Gasteiger partial charge in [-0.25, -0.2) is 0 Å². The van der Waals surface area contributed by atoms with Gasteiger partial charge in [0.25, 0.3) is 0 Å². The molecule has 1 fully saturated rings. The van der Waals surface area contributed by atoms with Gasteiger partial charge in [0, 0.05) is 6.04 Å². The molecule has 1 aliphatic rings. The fourth-order valence-electron chi connectivity index (χ4n) is 3.04. The molecule has 1 amide bonds. The minimum Gasteiger partial charge on any atom is -0.368 e. The molecule has 0 unspecified atom stereocenters. The van der Waals surface area contributed by atoms with Gasteiger partial charge >= 0.3 is 0 Å². The lowest BCUT2D eigenvalue weighted by Crippen LogP contribution is -2.57. The van der Waals surface area contributed by atoms with Crippen molar-refractivity contribution in [2.75, 3.05) is 0 Å². The van der Waals surface area contributed by atoms with Crippen molar-refractivity contribution in [3.05, 3.63) is 35.9 Å². The van der Waals surface area contributed by atoms with Gasteiger partial charge in [0.05, 0.1) is 0 Å². The fraction of sp³-hybridized carbons (Fsp3) is 0.533. The van der Waals surface area contributed by atoms with Gasteiger partial charge in [0.1, 0.15) is 5.54 Å². The Hall–Kier alpha value is -1.35. The topological polar surface area (TPSA) is 55.1 Å². The zero-order valence-electron chi connectivity index (χ0n) is 11.1. The van der Waals surface area contributed by atoms with E-state index in [1.54, 1.807) is 0 Å². The number of nitrogens with one attached hydrogen (secondary N) is 1. The number of primary amides is 1. The monoisotopic (exact) mass is 246 g/mol. The highest BCUT2D eigenvalue weighted by Gasteiger charge is 2.45. The first-order valence-electron chi connectivity index (χ1n) is 6.69. The number of nitrogens with two attached hydrogens (primary N) is 1. The summed E-state index contributed by atoms with van der Waals surface area (Å²) in [6, 6.07) is 10.3. The highest BCUT2D eigenvalue weighted by Crippen LogP contribution is 2.37. The molecular formula is C15H22N2O. The molecule has 3 heteroatoms. The number of rotatable bonds is 4. The third-order valence-electron chi connectivity index (χ3n) is 4.26. The maximum atomic E-state index is 11.9. The Morgan fingerprint density at radius 3 is 2.61 bits per heavy atom. The van der Waals surface area contributed by atoms with Gasteiger partial charge in [0.2, 0.25) is 5.91 Å². The summed E-state index contributed by atoms with van der Waals surface area (Å²) in [5.74, 6) is 0.0939. The molecule has 0 heterocycles. The normalized spacial score (nSPS) is 29.1. The lowest BCUT2D eigenvalue weighted by Gasteiger charge is -2.35. The Labute approximate surface area is 109 Å².